The zero-order chi connectivity index (χ0) is 15.5. The zero-order valence-corrected chi connectivity index (χ0v) is 13.9. The van der Waals surface area contributed by atoms with Crippen LogP contribution in [0.4, 0.5) is 5.95 Å². The molecule has 0 aliphatic carbocycles. The molecule has 2 aliphatic heterocycles. The zero-order valence-electron chi connectivity index (χ0n) is 13.1. The third-order valence-corrected chi connectivity index (χ3v) is 5.63. The van der Waals surface area contributed by atoms with Crippen LogP contribution in [-0.4, -0.2) is 47.6 Å². The van der Waals surface area contributed by atoms with Crippen LogP contribution < -0.4 is 15.8 Å². The van der Waals surface area contributed by atoms with E-state index in [2.05, 4.69) is 42.8 Å². The minimum atomic E-state index is 0.487. The number of hydrogen-bond acceptors (Lipinski definition) is 7. The number of thiophene rings is 1. The number of aromatic nitrogens is 2. The lowest BCUT2D eigenvalue weighted by atomic mass is 10.2. The highest BCUT2D eigenvalue weighted by Crippen LogP contribution is 2.27. The van der Waals surface area contributed by atoms with Gasteiger partial charge in [0.15, 0.2) is 0 Å². The minimum absolute atomic E-state index is 0.487. The van der Waals surface area contributed by atoms with Crippen molar-refractivity contribution in [1.82, 2.24) is 25.7 Å². The number of anilines is 1. The van der Waals surface area contributed by atoms with E-state index >= 15 is 0 Å². The Morgan fingerprint density at radius 1 is 1.13 bits per heavy atom. The van der Waals surface area contributed by atoms with Crippen molar-refractivity contribution in [3.8, 4) is 0 Å². The molecule has 0 saturated carbocycles. The van der Waals surface area contributed by atoms with Crippen molar-refractivity contribution in [2.45, 2.75) is 19.0 Å². The summed E-state index contributed by atoms with van der Waals surface area (Å²) in [6, 6.07) is 6.91. The Balaban J connectivity index is 1.31. The molecule has 4 heterocycles. The predicted molar refractivity (Wildman–Crippen MR) is 92.3 cm³/mol. The summed E-state index contributed by atoms with van der Waals surface area (Å²) in [5.74, 6) is 0.852. The van der Waals surface area contributed by atoms with Crippen LogP contribution in [0.15, 0.2) is 30.6 Å². The monoisotopic (exact) mass is 330 g/mol. The summed E-state index contributed by atoms with van der Waals surface area (Å²) in [7, 11) is 0. The average Bonchev–Trinajstić information content (AvgIpc) is 3.28. The maximum Gasteiger partial charge on any atom is 0.225 e. The number of hydrazine groups is 1. The molecule has 0 amide bonds. The van der Waals surface area contributed by atoms with Crippen LogP contribution in [0.1, 0.15) is 22.2 Å². The fraction of sp³-hybridized carbons (Fsp3) is 0.500. The minimum Gasteiger partial charge on any atom is -0.338 e. The molecule has 1 unspecified atom stereocenters. The highest BCUT2D eigenvalue weighted by atomic mass is 32.1. The molecule has 0 aromatic carbocycles. The van der Waals surface area contributed by atoms with Crippen LogP contribution in [0.25, 0.3) is 0 Å². The molecule has 7 heteroatoms. The summed E-state index contributed by atoms with van der Waals surface area (Å²) in [5, 5.41) is 0. The normalized spacial score (nSPS) is 22.6. The Bertz CT molecular complexity index is 617. The van der Waals surface area contributed by atoms with Gasteiger partial charge in [0.05, 0.1) is 6.04 Å². The van der Waals surface area contributed by atoms with E-state index in [1.54, 1.807) is 0 Å². The Kier molecular flexibility index (Phi) is 4.52. The van der Waals surface area contributed by atoms with Crippen molar-refractivity contribution in [1.29, 1.82) is 0 Å². The Labute approximate surface area is 140 Å². The molecule has 2 aromatic heterocycles. The van der Waals surface area contributed by atoms with Gasteiger partial charge in [-0.2, -0.15) is 0 Å². The van der Waals surface area contributed by atoms with Crippen LogP contribution in [0.2, 0.25) is 0 Å². The van der Waals surface area contributed by atoms with Gasteiger partial charge in [-0.1, -0.05) is 0 Å². The predicted octanol–water partition coefficient (Wildman–Crippen LogP) is 1.40. The number of nitrogens with one attached hydrogen (secondary N) is 2. The first kappa shape index (κ1) is 15.0. The molecular weight excluding hydrogens is 308 g/mol. The molecule has 2 N–H and O–H groups in total. The fourth-order valence-electron chi connectivity index (χ4n) is 3.15. The second-order valence-corrected chi connectivity index (χ2v) is 7.23. The van der Waals surface area contributed by atoms with Crippen molar-refractivity contribution >= 4 is 17.3 Å². The van der Waals surface area contributed by atoms with Gasteiger partial charge < -0.3 is 4.90 Å². The van der Waals surface area contributed by atoms with Crippen molar-refractivity contribution < 1.29 is 0 Å². The average molecular weight is 330 g/mol. The highest BCUT2D eigenvalue weighted by Gasteiger charge is 2.21. The lowest BCUT2D eigenvalue weighted by Gasteiger charge is -2.34. The van der Waals surface area contributed by atoms with Gasteiger partial charge >= 0.3 is 0 Å². The van der Waals surface area contributed by atoms with E-state index in [1.807, 2.05) is 29.8 Å². The molecule has 1 atom stereocenters. The van der Waals surface area contributed by atoms with Gasteiger partial charge in [0.1, 0.15) is 0 Å². The number of nitrogens with zero attached hydrogens (tertiary/aromatic N) is 4. The van der Waals surface area contributed by atoms with E-state index < -0.39 is 0 Å². The largest absolute Gasteiger partial charge is 0.338 e. The van der Waals surface area contributed by atoms with Gasteiger partial charge in [0.2, 0.25) is 5.95 Å². The second-order valence-electron chi connectivity index (χ2n) is 6.03. The first-order chi connectivity index (χ1) is 11.4. The number of piperazine rings is 1. The van der Waals surface area contributed by atoms with Gasteiger partial charge in [-0.05, 0) is 24.6 Å². The van der Waals surface area contributed by atoms with Crippen LogP contribution >= 0.6 is 11.3 Å². The standard InChI is InChI=1S/C16H22N6S/c1-5-17-16(18-6-1)22-10-8-21(9-11-22)12-13-2-3-15(23-13)14-4-7-19-20-14/h1-3,5-6,14,19-20H,4,7-12H2. The van der Waals surface area contributed by atoms with Crippen molar-refractivity contribution in [3.63, 3.8) is 0 Å². The summed E-state index contributed by atoms with van der Waals surface area (Å²) < 4.78 is 0. The molecule has 6 nitrogen and oxygen atoms in total. The maximum absolute atomic E-state index is 4.34. The molecule has 0 bridgehead atoms. The summed E-state index contributed by atoms with van der Waals surface area (Å²) in [6.45, 7) is 6.23. The quantitative estimate of drug-likeness (QED) is 0.884. The van der Waals surface area contributed by atoms with Crippen LogP contribution in [0.5, 0.6) is 0 Å². The molecule has 2 fully saturated rings. The lowest BCUT2D eigenvalue weighted by molar-refractivity contribution is 0.251. The SMILES string of the molecule is c1cnc(N2CCN(Cc3ccc(C4CCNN4)s3)CC2)nc1. The summed E-state index contributed by atoms with van der Waals surface area (Å²) in [5.41, 5.74) is 6.55. The molecule has 0 spiro atoms. The molecule has 2 aliphatic rings. The number of hydrogen-bond donors (Lipinski definition) is 2. The molecule has 23 heavy (non-hydrogen) atoms. The number of rotatable bonds is 4. The first-order valence-electron chi connectivity index (χ1n) is 8.20. The van der Waals surface area contributed by atoms with Crippen LogP contribution in [0, 0.1) is 0 Å². The topological polar surface area (TPSA) is 56.3 Å². The Morgan fingerprint density at radius 3 is 2.70 bits per heavy atom. The van der Waals surface area contributed by atoms with Gasteiger partial charge in [-0.25, -0.2) is 15.4 Å². The lowest BCUT2D eigenvalue weighted by Crippen LogP contribution is -2.46. The Morgan fingerprint density at radius 2 is 1.96 bits per heavy atom. The summed E-state index contributed by atoms with van der Waals surface area (Å²) in [4.78, 5) is 16.4. The van der Waals surface area contributed by atoms with Crippen LogP contribution in [0.3, 0.4) is 0 Å². The van der Waals surface area contributed by atoms with Crippen LogP contribution in [-0.2, 0) is 6.54 Å². The summed E-state index contributed by atoms with van der Waals surface area (Å²) in [6.07, 6.45) is 4.80. The van der Waals surface area contributed by atoms with E-state index in [-0.39, 0.29) is 0 Å². The molecule has 2 saturated heterocycles. The van der Waals surface area contributed by atoms with Crippen molar-refractivity contribution in [3.05, 3.63) is 40.3 Å². The van der Waals surface area contributed by atoms with Gasteiger partial charge in [-0.3, -0.25) is 10.3 Å². The molecule has 0 radical (unpaired) electrons. The van der Waals surface area contributed by atoms with Gasteiger partial charge in [-0.15, -0.1) is 11.3 Å². The molecular formula is C16H22N6S. The van der Waals surface area contributed by atoms with E-state index in [9.17, 15) is 0 Å². The second kappa shape index (κ2) is 6.92. The van der Waals surface area contributed by atoms with E-state index in [1.165, 1.54) is 16.2 Å². The maximum atomic E-state index is 4.34. The highest BCUT2D eigenvalue weighted by molar-refractivity contribution is 7.12. The third kappa shape index (κ3) is 3.53. The third-order valence-electron chi connectivity index (χ3n) is 4.45. The van der Waals surface area contributed by atoms with E-state index in [0.717, 1.165) is 45.2 Å². The molecule has 122 valence electrons. The van der Waals surface area contributed by atoms with Gasteiger partial charge in [0.25, 0.3) is 0 Å². The fourth-order valence-corrected chi connectivity index (χ4v) is 4.29. The summed E-state index contributed by atoms with van der Waals surface area (Å²) >= 11 is 1.94. The van der Waals surface area contributed by atoms with Gasteiger partial charge in [0, 0.05) is 61.4 Å². The smallest absolute Gasteiger partial charge is 0.225 e. The molecule has 4 rings (SSSR count). The Hall–Kier alpha value is -1.54. The molecule has 2 aromatic rings. The first-order valence-corrected chi connectivity index (χ1v) is 9.01. The van der Waals surface area contributed by atoms with E-state index in [4.69, 9.17) is 0 Å². The van der Waals surface area contributed by atoms with Crippen molar-refractivity contribution in [2.24, 2.45) is 0 Å². The van der Waals surface area contributed by atoms with E-state index in [0.29, 0.717) is 6.04 Å². The van der Waals surface area contributed by atoms with Crippen molar-refractivity contribution in [2.75, 3.05) is 37.6 Å².